The minimum absolute atomic E-state index is 0.0222. The fraction of sp³-hybridized carbons (Fsp3) is 0.462. The highest BCUT2D eigenvalue weighted by Crippen LogP contribution is 2.51. The molecule has 0 saturated heterocycles. The lowest BCUT2D eigenvalue weighted by molar-refractivity contribution is 0.0952. The van der Waals surface area contributed by atoms with Gasteiger partial charge in [-0.05, 0) is 24.1 Å². The molecular formula is C13H16NO6P. The van der Waals surface area contributed by atoms with E-state index in [1.165, 1.54) is 18.9 Å². The first kappa shape index (κ1) is 14.5. The van der Waals surface area contributed by atoms with Crippen LogP contribution >= 0.6 is 7.75 Å². The maximum absolute atomic E-state index is 12.4. The van der Waals surface area contributed by atoms with E-state index in [1.807, 2.05) is 6.07 Å². The number of ether oxygens (including phenoxy) is 2. The Kier molecular flexibility index (Phi) is 3.75. The van der Waals surface area contributed by atoms with Crippen LogP contribution in [0.5, 0.6) is 11.5 Å². The van der Waals surface area contributed by atoms with Gasteiger partial charge in [-0.15, -0.1) is 0 Å². The molecule has 0 spiro atoms. The average molecular weight is 313 g/mol. The maximum atomic E-state index is 12.4. The molecule has 0 amide bonds. The molecule has 0 N–H and O–H groups in total. The third kappa shape index (κ3) is 2.46. The summed E-state index contributed by atoms with van der Waals surface area (Å²) in [6.45, 7) is 0.546. The lowest BCUT2D eigenvalue weighted by Gasteiger charge is -2.25. The van der Waals surface area contributed by atoms with Crippen molar-refractivity contribution in [1.82, 2.24) is 4.67 Å². The molecule has 1 aromatic carbocycles. The van der Waals surface area contributed by atoms with Crippen molar-refractivity contribution in [2.45, 2.75) is 6.42 Å². The van der Waals surface area contributed by atoms with Crippen molar-refractivity contribution in [3.63, 3.8) is 0 Å². The molecule has 0 aromatic heterocycles. The second-order valence-electron chi connectivity index (χ2n) is 4.76. The molecule has 0 bridgehead atoms. The van der Waals surface area contributed by atoms with E-state index in [2.05, 4.69) is 0 Å². The molecule has 2 heterocycles. The number of rotatable bonds is 3. The van der Waals surface area contributed by atoms with E-state index in [4.69, 9.17) is 18.5 Å². The Morgan fingerprint density at radius 3 is 2.52 bits per heavy atom. The van der Waals surface area contributed by atoms with Gasteiger partial charge in [-0.1, -0.05) is 0 Å². The topological polar surface area (TPSA) is 74.3 Å². The van der Waals surface area contributed by atoms with Gasteiger partial charge >= 0.3 is 7.75 Å². The second-order valence-corrected chi connectivity index (χ2v) is 6.99. The molecule has 21 heavy (non-hydrogen) atoms. The summed E-state index contributed by atoms with van der Waals surface area (Å²) < 4.78 is 34.4. The lowest BCUT2D eigenvalue weighted by Crippen LogP contribution is -2.27. The first-order valence-electron chi connectivity index (χ1n) is 6.50. The summed E-state index contributed by atoms with van der Waals surface area (Å²) in [6.07, 6.45) is 0.550. The summed E-state index contributed by atoms with van der Waals surface area (Å²) in [5.41, 5.74) is 1.42. The summed E-state index contributed by atoms with van der Waals surface area (Å²) in [6, 6.07) is 3.50. The number of benzene rings is 1. The zero-order valence-electron chi connectivity index (χ0n) is 11.8. The number of carbonyl (C=O) groups excluding carboxylic acids is 1. The first-order chi connectivity index (χ1) is 10.1. The van der Waals surface area contributed by atoms with E-state index >= 15 is 0 Å². The van der Waals surface area contributed by atoms with Gasteiger partial charge in [0.1, 0.15) is 0 Å². The number of ketones is 1. The number of nitrogens with zero attached hydrogens (tertiary/aromatic N) is 1. The van der Waals surface area contributed by atoms with E-state index in [1.54, 1.807) is 6.07 Å². The highest BCUT2D eigenvalue weighted by atomic mass is 31.2. The molecule has 0 atom stereocenters. The third-order valence-corrected chi connectivity index (χ3v) is 5.63. The van der Waals surface area contributed by atoms with Crippen LogP contribution in [0.1, 0.15) is 15.9 Å². The fourth-order valence-corrected chi connectivity index (χ4v) is 3.80. The molecular weight excluding hydrogens is 297 g/mol. The molecule has 1 aromatic rings. The van der Waals surface area contributed by atoms with Crippen molar-refractivity contribution in [2.75, 3.05) is 34.1 Å². The molecule has 2 aliphatic heterocycles. The van der Waals surface area contributed by atoms with Crippen LogP contribution in [-0.4, -0.2) is 44.6 Å². The number of Topliss-reactive ketones (excluding diaryl/α,β-unsaturated/α-hetero) is 1. The number of hydrogen-bond donors (Lipinski definition) is 0. The van der Waals surface area contributed by atoms with Crippen LogP contribution in [0.4, 0.5) is 0 Å². The first-order valence-corrected chi connectivity index (χ1v) is 7.99. The molecule has 0 saturated carbocycles. The molecule has 0 unspecified atom stereocenters. The Bertz CT molecular complexity index is 623. The van der Waals surface area contributed by atoms with E-state index in [0.717, 1.165) is 5.56 Å². The predicted molar refractivity (Wildman–Crippen MR) is 73.8 cm³/mol. The summed E-state index contributed by atoms with van der Waals surface area (Å²) in [5, 5.41) is 0. The fourth-order valence-electron chi connectivity index (χ4n) is 2.54. The zero-order chi connectivity index (χ0) is 15.0. The van der Waals surface area contributed by atoms with Crippen LogP contribution in [0.15, 0.2) is 12.1 Å². The third-order valence-electron chi connectivity index (χ3n) is 3.67. The maximum Gasteiger partial charge on any atom is 0.408 e. The van der Waals surface area contributed by atoms with Crippen LogP contribution in [-0.2, 0) is 20.0 Å². The predicted octanol–water partition coefficient (Wildman–Crippen LogP) is 1.86. The van der Waals surface area contributed by atoms with Gasteiger partial charge in [-0.2, -0.15) is 0 Å². The highest BCUT2D eigenvalue weighted by Gasteiger charge is 2.36. The number of fused-ring (bicyclic) bond motifs is 2. The summed E-state index contributed by atoms with van der Waals surface area (Å²) in [5.74, 6) is 1.06. The summed E-state index contributed by atoms with van der Waals surface area (Å²) >= 11 is 0. The average Bonchev–Trinajstić information content (AvgIpc) is 2.89. The van der Waals surface area contributed by atoms with Crippen molar-refractivity contribution in [3.8, 4) is 11.5 Å². The number of hydrogen-bond acceptors (Lipinski definition) is 6. The molecule has 0 fully saturated rings. The minimum Gasteiger partial charge on any atom is -0.454 e. The smallest absolute Gasteiger partial charge is 0.408 e. The van der Waals surface area contributed by atoms with Gasteiger partial charge in [0.05, 0.1) is 6.54 Å². The molecule has 114 valence electrons. The summed E-state index contributed by atoms with van der Waals surface area (Å²) in [4.78, 5) is 12.4. The minimum atomic E-state index is -3.42. The van der Waals surface area contributed by atoms with Gasteiger partial charge in [0.2, 0.25) is 6.79 Å². The SMILES string of the molecule is COP(=O)(OC)N1CCc2cc3c(cc2C(=O)C1)OCO3. The summed E-state index contributed by atoms with van der Waals surface area (Å²) in [7, 11) is -0.800. The Hall–Kier alpha value is -1.40. The van der Waals surface area contributed by atoms with Crippen molar-refractivity contribution in [2.24, 2.45) is 0 Å². The zero-order valence-corrected chi connectivity index (χ0v) is 12.7. The van der Waals surface area contributed by atoms with Crippen molar-refractivity contribution < 1.29 is 27.9 Å². The van der Waals surface area contributed by atoms with Gasteiger partial charge in [-0.3, -0.25) is 13.8 Å². The van der Waals surface area contributed by atoms with Crippen molar-refractivity contribution >= 4 is 13.5 Å². The van der Waals surface area contributed by atoms with Crippen LogP contribution in [0.25, 0.3) is 0 Å². The molecule has 2 aliphatic rings. The van der Waals surface area contributed by atoms with Crippen LogP contribution in [0, 0.1) is 0 Å². The normalized spacial score (nSPS) is 18.5. The highest BCUT2D eigenvalue weighted by molar-refractivity contribution is 7.51. The van der Waals surface area contributed by atoms with E-state index in [0.29, 0.717) is 30.0 Å². The number of carbonyl (C=O) groups is 1. The van der Waals surface area contributed by atoms with E-state index < -0.39 is 7.75 Å². The molecule has 0 aliphatic carbocycles. The molecule has 3 rings (SSSR count). The Balaban J connectivity index is 1.93. The van der Waals surface area contributed by atoms with Gasteiger partial charge < -0.3 is 9.47 Å². The second kappa shape index (κ2) is 5.42. The molecule has 7 nitrogen and oxygen atoms in total. The lowest BCUT2D eigenvalue weighted by atomic mass is 10.0. The van der Waals surface area contributed by atoms with E-state index in [9.17, 15) is 9.36 Å². The molecule has 8 heteroatoms. The quantitative estimate of drug-likeness (QED) is 0.788. The van der Waals surface area contributed by atoms with Crippen LogP contribution in [0.3, 0.4) is 0 Å². The van der Waals surface area contributed by atoms with E-state index in [-0.39, 0.29) is 19.1 Å². The Labute approximate surface area is 122 Å². The van der Waals surface area contributed by atoms with Gasteiger partial charge in [-0.25, -0.2) is 9.24 Å². The van der Waals surface area contributed by atoms with Crippen LogP contribution < -0.4 is 9.47 Å². The van der Waals surface area contributed by atoms with Crippen molar-refractivity contribution in [1.29, 1.82) is 0 Å². The van der Waals surface area contributed by atoms with Gasteiger partial charge in [0.25, 0.3) is 0 Å². The largest absolute Gasteiger partial charge is 0.454 e. The Morgan fingerprint density at radius 1 is 1.19 bits per heavy atom. The van der Waals surface area contributed by atoms with Gasteiger partial charge in [0, 0.05) is 26.3 Å². The van der Waals surface area contributed by atoms with Gasteiger partial charge in [0.15, 0.2) is 17.3 Å². The standard InChI is InChI=1S/C13H16NO6P/c1-17-21(16,18-2)14-4-3-9-5-12-13(20-8-19-12)6-10(9)11(15)7-14/h5-6H,3-4,7-8H2,1-2H3. The van der Waals surface area contributed by atoms with Crippen LogP contribution in [0.2, 0.25) is 0 Å². The monoisotopic (exact) mass is 313 g/mol. The molecule has 0 radical (unpaired) electrons. The van der Waals surface area contributed by atoms with Crippen molar-refractivity contribution in [3.05, 3.63) is 23.3 Å². The Morgan fingerprint density at radius 2 is 1.86 bits per heavy atom.